The minimum absolute atomic E-state index is 0.129. The van der Waals surface area contributed by atoms with Crippen molar-refractivity contribution >= 4 is 71.5 Å². The Labute approximate surface area is 396 Å². The molecule has 0 saturated heterocycles. The molecule has 0 radical (unpaired) electrons. The van der Waals surface area contributed by atoms with E-state index in [2.05, 4.69) is 100 Å². The summed E-state index contributed by atoms with van der Waals surface area (Å²) >= 11 is 0. The van der Waals surface area contributed by atoms with Gasteiger partial charge in [-0.1, -0.05) is 72.8 Å². The number of aryl methyl sites for hydroxylation is 1. The summed E-state index contributed by atoms with van der Waals surface area (Å²) in [7, 11) is 8.30. The van der Waals surface area contributed by atoms with Crippen LogP contribution in [0.15, 0.2) is 133 Å². The lowest BCUT2D eigenvalue weighted by Crippen LogP contribution is -2.20. The average Bonchev–Trinajstić information content (AvgIpc) is 4.20. The van der Waals surface area contributed by atoms with Crippen molar-refractivity contribution < 1.29 is 15.3 Å². The van der Waals surface area contributed by atoms with Crippen molar-refractivity contribution in [3.05, 3.63) is 139 Å². The van der Waals surface area contributed by atoms with Gasteiger partial charge in [-0.2, -0.15) is 0 Å². The summed E-state index contributed by atoms with van der Waals surface area (Å²) in [5.74, 6) is 2.44. The van der Waals surface area contributed by atoms with E-state index < -0.39 is 0 Å². The highest BCUT2D eigenvalue weighted by Crippen LogP contribution is 2.38. The van der Waals surface area contributed by atoms with Gasteiger partial charge >= 0.3 is 0 Å². The minimum atomic E-state index is 0.129. The number of imidazole rings is 3. The molecule has 6 heterocycles. The Kier molecular flexibility index (Phi) is 12.2. The SMILES string of the molecule is CN(C)CCCc1ccc2nc(-c3c(O)[nH]c4ccccc34)[nH]c2c1.CN(C)CCNc1ccc2nc(-c3c(O)[nH]c4ccccc34)[nH]c2c1.Oc1[nH]c2ccccc2c1-c1nc2ccccc2[nH]1. The largest absolute Gasteiger partial charge is 0.494 e. The van der Waals surface area contributed by atoms with Gasteiger partial charge in [-0.15, -0.1) is 0 Å². The maximum absolute atomic E-state index is 10.3. The van der Waals surface area contributed by atoms with Crippen molar-refractivity contribution in [1.29, 1.82) is 0 Å². The maximum atomic E-state index is 10.3. The Morgan fingerprint density at radius 1 is 0.435 bits per heavy atom. The smallest absolute Gasteiger partial charge is 0.200 e. The van der Waals surface area contributed by atoms with Crippen molar-refractivity contribution in [1.82, 2.24) is 54.7 Å². The summed E-state index contributed by atoms with van der Waals surface area (Å²) in [6.07, 6.45) is 2.17. The molecule has 0 saturated carbocycles. The van der Waals surface area contributed by atoms with Gasteiger partial charge in [0.1, 0.15) is 17.5 Å². The topological polar surface area (TPSA) is 213 Å². The molecule has 15 heteroatoms. The van der Waals surface area contributed by atoms with E-state index >= 15 is 0 Å². The molecule has 0 aliphatic rings. The number of rotatable bonds is 11. The van der Waals surface area contributed by atoms with Crippen LogP contribution in [0.3, 0.4) is 0 Å². The van der Waals surface area contributed by atoms with Gasteiger partial charge in [-0.3, -0.25) is 0 Å². The van der Waals surface area contributed by atoms with Crippen molar-refractivity contribution in [3.8, 4) is 51.8 Å². The van der Waals surface area contributed by atoms with Gasteiger partial charge in [-0.05, 0) is 114 Å². The van der Waals surface area contributed by atoms with Crippen molar-refractivity contribution in [2.24, 2.45) is 0 Å². The summed E-state index contributed by atoms with van der Waals surface area (Å²) in [5.41, 5.74) is 12.8. The second-order valence-corrected chi connectivity index (χ2v) is 17.7. The highest BCUT2D eigenvalue weighted by atomic mass is 16.3. The molecule has 0 fully saturated rings. The van der Waals surface area contributed by atoms with E-state index in [0.717, 1.165) is 110 Å². The van der Waals surface area contributed by atoms with Gasteiger partial charge < -0.3 is 60.3 Å². The van der Waals surface area contributed by atoms with Gasteiger partial charge in [0.05, 0.1) is 49.8 Å². The highest BCUT2D eigenvalue weighted by Gasteiger charge is 2.19. The number of anilines is 1. The van der Waals surface area contributed by atoms with E-state index in [1.807, 2.05) is 121 Å². The van der Waals surface area contributed by atoms with Crippen LogP contribution in [-0.2, 0) is 6.42 Å². The molecule has 0 atom stereocenters. The van der Waals surface area contributed by atoms with Crippen LogP contribution in [0, 0.1) is 0 Å². The Hall–Kier alpha value is -8.53. The number of fused-ring (bicyclic) bond motifs is 6. The summed E-state index contributed by atoms with van der Waals surface area (Å²) in [6.45, 7) is 2.92. The molecule has 69 heavy (non-hydrogen) atoms. The molecule has 0 spiro atoms. The normalized spacial score (nSPS) is 11.6. The zero-order valence-electron chi connectivity index (χ0n) is 38.8. The van der Waals surface area contributed by atoms with Crippen molar-refractivity contribution in [2.45, 2.75) is 12.8 Å². The zero-order valence-corrected chi connectivity index (χ0v) is 38.8. The van der Waals surface area contributed by atoms with E-state index in [1.165, 1.54) is 5.56 Å². The maximum Gasteiger partial charge on any atom is 0.200 e. The van der Waals surface area contributed by atoms with Crippen LogP contribution >= 0.6 is 0 Å². The standard InChI is InChI=1S/C20H22N4O.C19H21N5O.C15H11N3O/c1-24(2)11-5-6-13-9-10-16-17(12-13)22-19(21-16)18-14-7-3-4-8-15(14)23-20(18)25;1-24(2)10-9-20-12-7-8-15-16(11-12)22-18(21-15)17-13-5-3-4-6-14(13)23-19(17)25;19-15-13(9-5-1-2-6-10(9)18-15)14-16-11-7-3-4-8-12(11)17-14/h3-4,7-10,12,23,25H,5-6,11H2,1-2H3,(H,21,22);3-8,11,20,23,25H,9-10H2,1-2H3,(H,21,22);1-8,18-19H,(H,16,17). The van der Waals surface area contributed by atoms with Crippen LogP contribution in [0.25, 0.3) is 100.0 Å². The lowest BCUT2D eigenvalue weighted by Gasteiger charge is -2.11. The molecule has 0 bridgehead atoms. The Morgan fingerprint density at radius 2 is 0.855 bits per heavy atom. The van der Waals surface area contributed by atoms with Crippen LogP contribution in [0.1, 0.15) is 12.0 Å². The first-order chi connectivity index (χ1) is 33.6. The Bertz CT molecular complexity index is 3520. The van der Waals surface area contributed by atoms with Gasteiger partial charge in [0.15, 0.2) is 0 Å². The van der Waals surface area contributed by atoms with Gasteiger partial charge in [0.25, 0.3) is 0 Å². The van der Waals surface area contributed by atoms with E-state index in [1.54, 1.807) is 0 Å². The van der Waals surface area contributed by atoms with Gasteiger partial charge in [0, 0.05) is 51.5 Å². The Balaban J connectivity index is 0.000000121. The molecule has 0 aliphatic heterocycles. The zero-order chi connectivity index (χ0) is 47.6. The predicted octanol–water partition coefficient (Wildman–Crippen LogP) is 10.7. The van der Waals surface area contributed by atoms with E-state index in [-0.39, 0.29) is 17.6 Å². The first-order valence-corrected chi connectivity index (χ1v) is 22.9. The quantitative estimate of drug-likeness (QED) is 0.0597. The van der Waals surface area contributed by atoms with Crippen LogP contribution in [-0.4, -0.2) is 118 Å². The number of aromatic nitrogens is 9. The number of nitrogens with zero attached hydrogens (tertiary/aromatic N) is 5. The summed E-state index contributed by atoms with van der Waals surface area (Å²) in [6, 6.07) is 43.6. The minimum Gasteiger partial charge on any atom is -0.494 e. The summed E-state index contributed by atoms with van der Waals surface area (Å²) in [4.78, 5) is 37.1. The monoisotopic (exact) mass is 918 g/mol. The second-order valence-electron chi connectivity index (χ2n) is 17.7. The third-order valence-corrected chi connectivity index (χ3v) is 12.1. The van der Waals surface area contributed by atoms with Crippen LogP contribution in [0.5, 0.6) is 17.6 Å². The molecule has 12 rings (SSSR count). The number of H-pyrrole nitrogens is 6. The molecule has 0 unspecified atom stereocenters. The molecule has 0 aliphatic carbocycles. The fourth-order valence-electron chi connectivity index (χ4n) is 8.77. The molecule has 6 aromatic carbocycles. The lowest BCUT2D eigenvalue weighted by molar-refractivity contribution is 0.400. The fraction of sp³-hybridized carbons (Fsp3) is 0.167. The number of hydrogen-bond acceptors (Lipinski definition) is 9. The van der Waals surface area contributed by atoms with E-state index in [9.17, 15) is 15.3 Å². The highest BCUT2D eigenvalue weighted by molar-refractivity contribution is 6.01. The average molecular weight is 919 g/mol. The number of aromatic amines is 6. The van der Waals surface area contributed by atoms with Gasteiger partial charge in [0.2, 0.25) is 17.6 Å². The lowest BCUT2D eigenvalue weighted by atomic mass is 10.1. The summed E-state index contributed by atoms with van der Waals surface area (Å²) in [5, 5.41) is 37.0. The van der Waals surface area contributed by atoms with Gasteiger partial charge in [-0.25, -0.2) is 15.0 Å². The number of para-hydroxylation sites is 5. The van der Waals surface area contributed by atoms with Crippen molar-refractivity contribution in [3.63, 3.8) is 0 Å². The van der Waals surface area contributed by atoms with Crippen LogP contribution in [0.4, 0.5) is 5.69 Å². The third-order valence-electron chi connectivity index (χ3n) is 12.1. The number of hydrogen-bond donors (Lipinski definition) is 10. The summed E-state index contributed by atoms with van der Waals surface area (Å²) < 4.78 is 0. The molecule has 12 aromatic rings. The third kappa shape index (κ3) is 9.28. The predicted molar refractivity (Wildman–Crippen MR) is 279 cm³/mol. The molecule has 15 nitrogen and oxygen atoms in total. The van der Waals surface area contributed by atoms with Crippen LogP contribution < -0.4 is 5.32 Å². The molecular weight excluding hydrogens is 865 g/mol. The second kappa shape index (κ2) is 19.0. The number of likely N-dealkylation sites (N-methyl/N-ethyl adjacent to an activating group) is 1. The fourth-order valence-corrected chi connectivity index (χ4v) is 8.77. The molecule has 10 N–H and O–H groups in total. The first-order valence-electron chi connectivity index (χ1n) is 22.9. The first kappa shape index (κ1) is 44.3. The number of aromatic hydroxyl groups is 3. The van der Waals surface area contributed by atoms with Crippen LogP contribution in [0.2, 0.25) is 0 Å². The molecule has 348 valence electrons. The number of nitrogens with one attached hydrogen (secondary N) is 7. The molecular formula is C54H54N12O3. The Morgan fingerprint density at radius 3 is 1.35 bits per heavy atom. The number of benzene rings is 6. The van der Waals surface area contributed by atoms with Crippen molar-refractivity contribution in [2.75, 3.05) is 53.1 Å². The molecule has 6 aromatic heterocycles. The van der Waals surface area contributed by atoms with E-state index in [0.29, 0.717) is 28.6 Å². The van der Waals surface area contributed by atoms with E-state index in [4.69, 9.17) is 0 Å². The molecule has 0 amide bonds.